The van der Waals surface area contributed by atoms with Gasteiger partial charge < -0.3 is 5.32 Å². The van der Waals surface area contributed by atoms with E-state index in [2.05, 4.69) is 15.3 Å². The van der Waals surface area contributed by atoms with Gasteiger partial charge in [0, 0.05) is 18.5 Å². The van der Waals surface area contributed by atoms with Crippen LogP contribution in [0.25, 0.3) is 5.69 Å². The van der Waals surface area contributed by atoms with E-state index in [0.29, 0.717) is 17.1 Å². The standard InChI is InChI=1S/C17H13FN4O/c18-14-6-2-1-5-12(14)13-8-15(23)21-17-16(13)20-10-22(17)11-4-3-7-19-9-11/h1-7,9-10,13H,8H2,(H,21,23). The minimum absolute atomic E-state index is 0.156. The lowest BCUT2D eigenvalue weighted by atomic mass is 9.89. The molecule has 0 fully saturated rings. The van der Waals surface area contributed by atoms with Gasteiger partial charge in [0.1, 0.15) is 18.0 Å². The number of aromatic nitrogens is 3. The summed E-state index contributed by atoms with van der Waals surface area (Å²) < 4.78 is 15.9. The Labute approximate surface area is 131 Å². The van der Waals surface area contributed by atoms with Gasteiger partial charge in [-0.15, -0.1) is 0 Å². The van der Waals surface area contributed by atoms with Crippen LogP contribution in [0.1, 0.15) is 23.6 Å². The van der Waals surface area contributed by atoms with Gasteiger partial charge in [0.25, 0.3) is 0 Å². The van der Waals surface area contributed by atoms with Crippen LogP contribution in [-0.4, -0.2) is 20.4 Å². The topological polar surface area (TPSA) is 59.8 Å². The maximum atomic E-state index is 14.1. The monoisotopic (exact) mass is 308 g/mol. The number of halogens is 1. The number of anilines is 1. The number of carbonyl (C=O) groups excluding carboxylic acids is 1. The highest BCUT2D eigenvalue weighted by atomic mass is 19.1. The maximum Gasteiger partial charge on any atom is 0.226 e. The minimum atomic E-state index is -0.391. The quantitative estimate of drug-likeness (QED) is 0.792. The lowest BCUT2D eigenvalue weighted by Crippen LogP contribution is -2.25. The molecule has 0 bridgehead atoms. The fourth-order valence-corrected chi connectivity index (χ4v) is 2.91. The van der Waals surface area contributed by atoms with Crippen LogP contribution >= 0.6 is 0 Å². The molecule has 1 aliphatic rings. The van der Waals surface area contributed by atoms with Gasteiger partial charge in [0.15, 0.2) is 0 Å². The van der Waals surface area contributed by atoms with Crippen LogP contribution < -0.4 is 5.32 Å². The van der Waals surface area contributed by atoms with Crippen LogP contribution in [0.3, 0.4) is 0 Å². The molecule has 4 rings (SSSR count). The molecule has 2 aromatic heterocycles. The number of amides is 1. The predicted molar refractivity (Wildman–Crippen MR) is 82.8 cm³/mol. The third kappa shape index (κ3) is 2.28. The highest BCUT2D eigenvalue weighted by Gasteiger charge is 2.32. The molecule has 23 heavy (non-hydrogen) atoms. The summed E-state index contributed by atoms with van der Waals surface area (Å²) in [4.78, 5) is 20.6. The van der Waals surface area contributed by atoms with Gasteiger partial charge in [-0.25, -0.2) is 9.37 Å². The number of rotatable bonds is 2. The fraction of sp³-hybridized carbons (Fsp3) is 0.118. The van der Waals surface area contributed by atoms with Gasteiger partial charge in [-0.2, -0.15) is 0 Å². The smallest absolute Gasteiger partial charge is 0.226 e. The SMILES string of the molecule is O=C1CC(c2ccccc2F)c2ncn(-c3cccnc3)c2N1. The van der Waals surface area contributed by atoms with Gasteiger partial charge in [0.05, 0.1) is 17.6 Å². The van der Waals surface area contributed by atoms with Crippen LogP contribution in [0.15, 0.2) is 55.1 Å². The van der Waals surface area contributed by atoms with Crippen LogP contribution in [0.4, 0.5) is 10.2 Å². The first-order valence-corrected chi connectivity index (χ1v) is 7.26. The van der Waals surface area contributed by atoms with Crippen molar-refractivity contribution in [2.24, 2.45) is 0 Å². The van der Waals surface area contributed by atoms with E-state index < -0.39 is 5.92 Å². The number of fused-ring (bicyclic) bond motifs is 1. The number of hydrogen-bond acceptors (Lipinski definition) is 3. The highest BCUT2D eigenvalue weighted by Crippen LogP contribution is 2.37. The molecule has 3 aromatic rings. The third-order valence-corrected chi connectivity index (χ3v) is 3.98. The molecule has 1 unspecified atom stereocenters. The van der Waals surface area contributed by atoms with Gasteiger partial charge in [-0.3, -0.25) is 14.3 Å². The zero-order valence-electron chi connectivity index (χ0n) is 12.1. The first-order valence-electron chi connectivity index (χ1n) is 7.26. The van der Waals surface area contributed by atoms with E-state index >= 15 is 0 Å². The van der Waals surface area contributed by atoms with Crippen molar-refractivity contribution in [2.45, 2.75) is 12.3 Å². The Hall–Kier alpha value is -3.02. The Bertz CT molecular complexity index is 875. The normalized spacial score (nSPS) is 16.7. The van der Waals surface area contributed by atoms with E-state index in [4.69, 9.17) is 0 Å². The van der Waals surface area contributed by atoms with E-state index in [0.717, 1.165) is 5.69 Å². The van der Waals surface area contributed by atoms with Gasteiger partial charge in [-0.1, -0.05) is 18.2 Å². The van der Waals surface area contributed by atoms with E-state index in [-0.39, 0.29) is 18.1 Å². The molecule has 1 N–H and O–H groups in total. The van der Waals surface area contributed by atoms with Gasteiger partial charge >= 0.3 is 0 Å². The number of pyridine rings is 1. The summed E-state index contributed by atoms with van der Waals surface area (Å²) in [6.45, 7) is 0. The second kappa shape index (κ2) is 5.31. The van der Waals surface area contributed by atoms with Crippen molar-refractivity contribution in [3.8, 4) is 5.69 Å². The van der Waals surface area contributed by atoms with E-state index in [1.165, 1.54) is 6.07 Å². The number of imidazole rings is 1. The van der Waals surface area contributed by atoms with Gasteiger partial charge in [0.2, 0.25) is 5.91 Å². The van der Waals surface area contributed by atoms with Crippen molar-refractivity contribution >= 4 is 11.7 Å². The molecule has 1 aliphatic heterocycles. The van der Waals surface area contributed by atoms with E-state index in [1.54, 1.807) is 47.6 Å². The molecule has 0 radical (unpaired) electrons. The summed E-state index contributed by atoms with van der Waals surface area (Å²) >= 11 is 0. The molecular formula is C17H13FN4O. The Kier molecular flexibility index (Phi) is 3.15. The van der Waals surface area contributed by atoms with Crippen molar-refractivity contribution in [1.82, 2.24) is 14.5 Å². The summed E-state index contributed by atoms with van der Waals surface area (Å²) in [6, 6.07) is 10.2. The van der Waals surface area contributed by atoms with Crippen molar-refractivity contribution in [2.75, 3.05) is 5.32 Å². The Morgan fingerprint density at radius 1 is 1.22 bits per heavy atom. The van der Waals surface area contributed by atoms with Crippen molar-refractivity contribution in [3.05, 3.63) is 72.2 Å². The highest BCUT2D eigenvalue weighted by molar-refractivity contribution is 5.94. The summed E-state index contributed by atoms with van der Waals surface area (Å²) in [6.07, 6.45) is 5.16. The molecule has 6 heteroatoms. The molecule has 1 amide bonds. The largest absolute Gasteiger partial charge is 0.310 e. The number of carbonyl (C=O) groups is 1. The average Bonchev–Trinajstić information content (AvgIpc) is 2.99. The van der Waals surface area contributed by atoms with Crippen LogP contribution in [0, 0.1) is 5.82 Å². The van der Waals surface area contributed by atoms with Gasteiger partial charge in [-0.05, 0) is 23.8 Å². The van der Waals surface area contributed by atoms with Crippen LogP contribution in [0.5, 0.6) is 0 Å². The van der Waals surface area contributed by atoms with Crippen molar-refractivity contribution < 1.29 is 9.18 Å². The second-order valence-corrected chi connectivity index (χ2v) is 5.39. The molecule has 114 valence electrons. The maximum absolute atomic E-state index is 14.1. The minimum Gasteiger partial charge on any atom is -0.310 e. The number of hydrogen-bond donors (Lipinski definition) is 1. The summed E-state index contributed by atoms with van der Waals surface area (Å²) in [5.41, 5.74) is 1.94. The molecule has 1 atom stereocenters. The molecule has 5 nitrogen and oxygen atoms in total. The molecule has 0 aliphatic carbocycles. The number of nitrogens with zero attached hydrogens (tertiary/aromatic N) is 3. The zero-order chi connectivity index (χ0) is 15.8. The summed E-state index contributed by atoms with van der Waals surface area (Å²) in [5, 5.41) is 2.84. The summed E-state index contributed by atoms with van der Waals surface area (Å²) in [5.74, 6) is -0.300. The number of benzene rings is 1. The lowest BCUT2D eigenvalue weighted by Gasteiger charge is -2.23. The molecule has 3 heterocycles. The molecule has 0 saturated carbocycles. The third-order valence-electron chi connectivity index (χ3n) is 3.98. The van der Waals surface area contributed by atoms with Crippen LogP contribution in [0.2, 0.25) is 0 Å². The van der Waals surface area contributed by atoms with Crippen LogP contribution in [-0.2, 0) is 4.79 Å². The molecule has 0 spiro atoms. The number of nitrogens with one attached hydrogen (secondary N) is 1. The Morgan fingerprint density at radius 2 is 2.09 bits per heavy atom. The first kappa shape index (κ1) is 13.6. The van der Waals surface area contributed by atoms with Crippen molar-refractivity contribution in [1.29, 1.82) is 0 Å². The second-order valence-electron chi connectivity index (χ2n) is 5.39. The van der Waals surface area contributed by atoms with E-state index in [9.17, 15) is 9.18 Å². The Balaban J connectivity index is 1.85. The van der Waals surface area contributed by atoms with Crippen molar-refractivity contribution in [3.63, 3.8) is 0 Å². The predicted octanol–water partition coefficient (Wildman–Crippen LogP) is 2.88. The van der Waals surface area contributed by atoms with E-state index in [1.807, 2.05) is 6.07 Å². The zero-order valence-corrected chi connectivity index (χ0v) is 12.1. The first-order chi connectivity index (χ1) is 11.2. The summed E-state index contributed by atoms with van der Waals surface area (Å²) in [7, 11) is 0. The Morgan fingerprint density at radius 3 is 2.87 bits per heavy atom. The lowest BCUT2D eigenvalue weighted by molar-refractivity contribution is -0.116. The average molecular weight is 308 g/mol. The molecule has 0 saturated heterocycles. The molecular weight excluding hydrogens is 295 g/mol. The molecule has 1 aromatic carbocycles. The fourth-order valence-electron chi connectivity index (χ4n) is 2.91.